The van der Waals surface area contributed by atoms with Crippen LogP contribution in [0.3, 0.4) is 0 Å². The summed E-state index contributed by atoms with van der Waals surface area (Å²) in [5, 5.41) is 9.60. The van der Waals surface area contributed by atoms with Gasteiger partial charge in [-0.1, -0.05) is 255 Å². The number of rotatable bonds is 10. The molecule has 0 aliphatic rings. The highest BCUT2D eigenvalue weighted by molar-refractivity contribution is 6.14. The third-order valence-electron chi connectivity index (χ3n) is 19.9. The topological polar surface area (TPSA) is 45.5 Å². The van der Waals surface area contributed by atoms with E-state index in [-0.39, 0.29) is 0 Å². The number of para-hydroxylation sites is 4. The Balaban J connectivity index is 0.000000139. The second-order valence-corrected chi connectivity index (χ2v) is 25.7. The van der Waals surface area contributed by atoms with Gasteiger partial charge in [0.15, 0.2) is 0 Å². The molecule has 0 fully saturated rings. The first-order valence-corrected chi connectivity index (χ1v) is 34.1. The summed E-state index contributed by atoms with van der Waals surface area (Å²) in [5.41, 5.74) is 27.7. The Bertz CT molecular complexity index is 6260. The average Bonchev–Trinajstić information content (AvgIpc) is 1.60. The number of benzene rings is 14. The molecule has 0 saturated heterocycles. The second-order valence-electron chi connectivity index (χ2n) is 25.7. The summed E-state index contributed by atoms with van der Waals surface area (Å²) in [6.45, 7) is 0. The Morgan fingerprint density at radius 2 is 0.410 bits per heavy atom. The van der Waals surface area contributed by atoms with Crippen molar-refractivity contribution in [2.75, 3.05) is 0 Å². The van der Waals surface area contributed by atoms with E-state index in [1.807, 2.05) is 12.4 Å². The van der Waals surface area contributed by atoms with E-state index in [2.05, 4.69) is 382 Å². The van der Waals surface area contributed by atoms with Crippen LogP contribution in [-0.2, 0) is 0 Å². The molecule has 0 aliphatic carbocycles. The first-order chi connectivity index (χ1) is 49.6. The number of pyridine rings is 2. The van der Waals surface area contributed by atoms with Crippen molar-refractivity contribution in [3.8, 4) is 89.5 Å². The quantitative estimate of drug-likeness (QED) is 0.137. The largest absolute Gasteiger partial charge is 0.309 e. The minimum absolute atomic E-state index is 0.955. The molecule has 0 bridgehead atoms. The van der Waals surface area contributed by atoms with E-state index in [1.165, 1.54) is 98.9 Å². The van der Waals surface area contributed by atoms with Crippen LogP contribution >= 0.6 is 0 Å². The molecule has 20 rings (SSSR count). The summed E-state index contributed by atoms with van der Waals surface area (Å²) in [6, 6.07) is 130. The van der Waals surface area contributed by atoms with Gasteiger partial charge in [-0.05, 0) is 165 Å². The zero-order valence-electron chi connectivity index (χ0n) is 54.5. The van der Waals surface area contributed by atoms with Gasteiger partial charge < -0.3 is 9.13 Å². The van der Waals surface area contributed by atoms with Crippen molar-refractivity contribution >= 4 is 87.5 Å². The van der Waals surface area contributed by atoms with Crippen molar-refractivity contribution in [3.63, 3.8) is 0 Å². The fourth-order valence-electron chi connectivity index (χ4n) is 15.1. The molecule has 20 aromatic rings. The SMILES string of the molecule is c1ccc(-c2ccc(-n3c4ccccc4c4cc(-c5cnc6c(c5)c5ccccc5n6-c5ccc(-c6ccccc6)cc5)ccc43)cc2)cc1.c1ccc(-c2ccc(-n3c4ccccc4c4cc(-c5cnc6c(c5)c5ccccc5n6-c5cccc(-c6ccccc6)c5)ccc43)cc2)cc1. The zero-order chi connectivity index (χ0) is 66.0. The smallest absolute Gasteiger partial charge is 0.145 e. The minimum atomic E-state index is 0.955. The van der Waals surface area contributed by atoms with Crippen LogP contribution in [0.25, 0.3) is 177 Å². The number of aromatic nitrogens is 6. The van der Waals surface area contributed by atoms with Crippen molar-refractivity contribution in [3.05, 3.63) is 376 Å². The Morgan fingerprint density at radius 3 is 0.800 bits per heavy atom. The summed E-state index contributed by atoms with van der Waals surface area (Å²) in [4.78, 5) is 10.3. The van der Waals surface area contributed by atoms with Gasteiger partial charge in [-0.25, -0.2) is 9.97 Å². The Labute approximate surface area is 578 Å². The molecular weight excluding hydrogens is 1210 g/mol. The van der Waals surface area contributed by atoms with Gasteiger partial charge in [0.2, 0.25) is 0 Å². The summed E-state index contributed by atoms with van der Waals surface area (Å²) in [5.74, 6) is 0. The first kappa shape index (κ1) is 58.0. The Hall–Kier alpha value is -13.4. The molecule has 0 unspecified atom stereocenters. The van der Waals surface area contributed by atoms with Crippen LogP contribution < -0.4 is 0 Å². The predicted octanol–water partition coefficient (Wildman–Crippen LogP) is 24.6. The highest BCUT2D eigenvalue weighted by Gasteiger charge is 2.21. The molecule has 0 saturated carbocycles. The lowest BCUT2D eigenvalue weighted by atomic mass is 10.0. The van der Waals surface area contributed by atoms with Gasteiger partial charge in [-0.15, -0.1) is 0 Å². The third kappa shape index (κ3) is 10.0. The van der Waals surface area contributed by atoms with Crippen LogP contribution in [0.5, 0.6) is 0 Å². The maximum atomic E-state index is 5.16. The van der Waals surface area contributed by atoms with Crippen molar-refractivity contribution in [1.82, 2.24) is 28.2 Å². The van der Waals surface area contributed by atoms with Gasteiger partial charge in [-0.3, -0.25) is 9.13 Å². The molecule has 6 heterocycles. The highest BCUT2D eigenvalue weighted by atomic mass is 15.1. The van der Waals surface area contributed by atoms with E-state index in [0.717, 1.165) is 78.1 Å². The lowest BCUT2D eigenvalue weighted by Gasteiger charge is -2.10. The fourth-order valence-corrected chi connectivity index (χ4v) is 15.1. The van der Waals surface area contributed by atoms with Crippen molar-refractivity contribution in [1.29, 1.82) is 0 Å². The van der Waals surface area contributed by atoms with Crippen LogP contribution in [0, 0.1) is 0 Å². The van der Waals surface area contributed by atoms with E-state index in [9.17, 15) is 0 Å². The average molecular weight is 1280 g/mol. The molecule has 14 aromatic carbocycles. The van der Waals surface area contributed by atoms with E-state index in [1.54, 1.807) is 0 Å². The molecule has 0 aliphatic heterocycles. The molecule has 0 N–H and O–H groups in total. The molecule has 468 valence electrons. The van der Waals surface area contributed by atoms with Gasteiger partial charge in [0.25, 0.3) is 0 Å². The number of nitrogens with zero attached hydrogens (tertiary/aromatic N) is 6. The van der Waals surface area contributed by atoms with Gasteiger partial charge >= 0.3 is 0 Å². The van der Waals surface area contributed by atoms with Crippen LogP contribution in [0.1, 0.15) is 0 Å². The molecule has 0 atom stereocenters. The summed E-state index contributed by atoms with van der Waals surface area (Å²) >= 11 is 0. The maximum Gasteiger partial charge on any atom is 0.145 e. The molecule has 6 nitrogen and oxygen atoms in total. The monoisotopic (exact) mass is 1270 g/mol. The molecule has 6 heteroatoms. The van der Waals surface area contributed by atoms with Crippen LogP contribution in [0.2, 0.25) is 0 Å². The third-order valence-corrected chi connectivity index (χ3v) is 19.9. The molecule has 100 heavy (non-hydrogen) atoms. The molecule has 6 aromatic heterocycles. The molecule has 0 spiro atoms. The van der Waals surface area contributed by atoms with Gasteiger partial charge in [-0.2, -0.15) is 0 Å². The number of hydrogen-bond acceptors (Lipinski definition) is 2. The van der Waals surface area contributed by atoms with Gasteiger partial charge in [0.1, 0.15) is 11.3 Å². The van der Waals surface area contributed by atoms with E-state index in [4.69, 9.17) is 9.97 Å². The van der Waals surface area contributed by atoms with Crippen molar-refractivity contribution < 1.29 is 0 Å². The number of hydrogen-bond donors (Lipinski definition) is 0. The predicted molar refractivity (Wildman–Crippen MR) is 418 cm³/mol. The standard InChI is InChI=1S/2C47H31N3/c1-3-12-32(13-4-1)34-22-25-38(26-23-34)49-44-20-9-7-18-40(44)42-29-36(24-27-46(42)49)37-30-43-41-19-8-10-21-45(41)50(47(43)48-31-37)39-17-11-16-35(28-39)33-14-5-2-6-15-33;1-3-11-32(12-4-1)34-19-24-38(25-20-34)49-44-17-9-7-15-40(44)42-29-36(23-28-46(42)49)37-30-43-41-16-8-10-18-45(41)50(47(43)48-31-37)39-26-21-35(22-27-39)33-13-5-2-6-14-33/h2*1-31H. The molecular formula is C94H62N6. The number of fused-ring (bicyclic) bond motifs is 12. The summed E-state index contributed by atoms with van der Waals surface area (Å²) in [6.07, 6.45) is 4.06. The second kappa shape index (κ2) is 24.3. The zero-order valence-corrected chi connectivity index (χ0v) is 54.5. The van der Waals surface area contributed by atoms with Gasteiger partial charge in [0.05, 0.1) is 33.1 Å². The van der Waals surface area contributed by atoms with E-state index < -0.39 is 0 Å². The minimum Gasteiger partial charge on any atom is -0.309 e. The summed E-state index contributed by atoms with van der Waals surface area (Å²) in [7, 11) is 0. The van der Waals surface area contributed by atoms with Gasteiger partial charge in [0, 0.05) is 89.4 Å². The van der Waals surface area contributed by atoms with Crippen molar-refractivity contribution in [2.24, 2.45) is 0 Å². The van der Waals surface area contributed by atoms with Crippen molar-refractivity contribution in [2.45, 2.75) is 0 Å². The molecule has 0 radical (unpaired) electrons. The van der Waals surface area contributed by atoms with E-state index in [0.29, 0.717) is 0 Å². The normalized spacial score (nSPS) is 11.6. The lowest BCUT2D eigenvalue weighted by Crippen LogP contribution is -1.96. The van der Waals surface area contributed by atoms with Crippen LogP contribution in [0.4, 0.5) is 0 Å². The van der Waals surface area contributed by atoms with E-state index >= 15 is 0 Å². The fraction of sp³-hybridized carbons (Fsp3) is 0. The highest BCUT2D eigenvalue weighted by Crippen LogP contribution is 2.42. The Morgan fingerprint density at radius 1 is 0.150 bits per heavy atom. The van der Waals surface area contributed by atoms with Crippen LogP contribution in [-0.4, -0.2) is 28.2 Å². The maximum absolute atomic E-state index is 5.16. The first-order valence-electron chi connectivity index (χ1n) is 34.1. The van der Waals surface area contributed by atoms with Crippen LogP contribution in [0.15, 0.2) is 376 Å². The lowest BCUT2D eigenvalue weighted by molar-refractivity contribution is 1.14. The summed E-state index contributed by atoms with van der Waals surface area (Å²) < 4.78 is 9.33. The Kier molecular flexibility index (Phi) is 14.1. The molecule has 0 amide bonds.